The third-order valence-corrected chi connectivity index (χ3v) is 4.51. The van der Waals surface area contributed by atoms with E-state index < -0.39 is 24.4 Å². The lowest BCUT2D eigenvalue weighted by Gasteiger charge is -2.43. The summed E-state index contributed by atoms with van der Waals surface area (Å²) in [6.07, 6.45) is 4.85. The molecule has 4 N–H and O–H groups in total. The van der Waals surface area contributed by atoms with Gasteiger partial charge < -0.3 is 25.2 Å². The first-order valence-corrected chi connectivity index (χ1v) is 8.49. The zero-order chi connectivity index (χ0) is 16.4. The first-order chi connectivity index (χ1) is 10.6. The van der Waals surface area contributed by atoms with Crippen molar-refractivity contribution in [3.8, 4) is 0 Å². The van der Waals surface area contributed by atoms with Crippen LogP contribution in [-0.4, -0.2) is 83.1 Å². The van der Waals surface area contributed by atoms with Crippen LogP contribution >= 0.6 is 0 Å². The molecule has 0 saturated carbocycles. The van der Waals surface area contributed by atoms with Crippen LogP contribution in [0.15, 0.2) is 0 Å². The highest BCUT2D eigenvalue weighted by Crippen LogP contribution is 2.19. The molecule has 0 amide bonds. The van der Waals surface area contributed by atoms with E-state index in [9.17, 15) is 20.4 Å². The Hall–Kier alpha value is -0.240. The number of aliphatic hydroxyl groups excluding tert-OH is 4. The van der Waals surface area contributed by atoms with Crippen LogP contribution in [0.4, 0.5) is 0 Å². The average Bonchev–Trinajstić information content (AvgIpc) is 2.51. The van der Waals surface area contributed by atoms with E-state index in [1.54, 1.807) is 7.11 Å². The highest BCUT2D eigenvalue weighted by Gasteiger charge is 2.40. The largest absolute Gasteiger partial charge is 0.395 e. The summed E-state index contributed by atoms with van der Waals surface area (Å²) in [5, 5.41) is 38.7. The zero-order valence-electron chi connectivity index (χ0n) is 13.7. The molecule has 0 aromatic heterocycles. The highest BCUT2D eigenvalue weighted by atomic mass is 16.5. The van der Waals surface area contributed by atoms with Crippen LogP contribution in [0.2, 0.25) is 0 Å². The van der Waals surface area contributed by atoms with Gasteiger partial charge in [0.1, 0.15) is 12.2 Å². The van der Waals surface area contributed by atoms with Gasteiger partial charge in [-0.2, -0.15) is 0 Å². The van der Waals surface area contributed by atoms with E-state index >= 15 is 0 Å². The van der Waals surface area contributed by atoms with Crippen molar-refractivity contribution in [2.24, 2.45) is 0 Å². The average molecular weight is 319 g/mol. The van der Waals surface area contributed by atoms with E-state index in [2.05, 4.69) is 0 Å². The Morgan fingerprint density at radius 3 is 2.09 bits per heavy atom. The number of ether oxygens (including phenoxy) is 1. The van der Waals surface area contributed by atoms with Gasteiger partial charge in [0.25, 0.3) is 0 Å². The molecule has 132 valence electrons. The Balaban J connectivity index is 2.12. The van der Waals surface area contributed by atoms with Crippen LogP contribution < -0.4 is 0 Å². The maximum atomic E-state index is 9.90. The molecule has 0 bridgehead atoms. The van der Waals surface area contributed by atoms with Crippen LogP contribution in [0.1, 0.15) is 44.9 Å². The van der Waals surface area contributed by atoms with Crippen molar-refractivity contribution >= 4 is 0 Å². The molecule has 1 aliphatic heterocycles. The number of methoxy groups -OCH3 is 1. The molecule has 0 aromatic carbocycles. The number of aliphatic hydroxyl groups is 4. The molecule has 0 aliphatic carbocycles. The second-order valence-corrected chi connectivity index (χ2v) is 6.26. The first kappa shape index (κ1) is 19.8. The van der Waals surface area contributed by atoms with Crippen LogP contribution in [0.25, 0.3) is 0 Å². The van der Waals surface area contributed by atoms with Crippen molar-refractivity contribution in [1.29, 1.82) is 0 Å². The van der Waals surface area contributed by atoms with Gasteiger partial charge >= 0.3 is 0 Å². The van der Waals surface area contributed by atoms with E-state index in [-0.39, 0.29) is 6.61 Å². The highest BCUT2D eigenvalue weighted by molar-refractivity contribution is 4.93. The van der Waals surface area contributed by atoms with Gasteiger partial charge in [-0.1, -0.05) is 32.1 Å². The topological polar surface area (TPSA) is 93.4 Å². The summed E-state index contributed by atoms with van der Waals surface area (Å²) in [7, 11) is 1.73. The lowest BCUT2D eigenvalue weighted by atomic mass is 9.94. The Morgan fingerprint density at radius 2 is 1.50 bits per heavy atom. The molecular weight excluding hydrogens is 286 g/mol. The second kappa shape index (κ2) is 11.3. The summed E-state index contributed by atoms with van der Waals surface area (Å²) in [5.74, 6) is 0. The standard InChI is InChI=1S/C16H33NO5/c1-22-10-8-6-4-2-3-5-7-9-17-11-14(19)16(21)15(20)13(17)12-18/h13-16,18-21H,2-12H2,1H3/t13-,14-,15-,16+/m1/s1. The molecule has 0 radical (unpaired) electrons. The molecule has 0 spiro atoms. The van der Waals surface area contributed by atoms with E-state index in [0.29, 0.717) is 6.54 Å². The van der Waals surface area contributed by atoms with E-state index in [0.717, 1.165) is 32.4 Å². The molecule has 6 heteroatoms. The van der Waals surface area contributed by atoms with E-state index in [4.69, 9.17) is 4.74 Å². The van der Waals surface area contributed by atoms with Crippen molar-refractivity contribution in [3.63, 3.8) is 0 Å². The first-order valence-electron chi connectivity index (χ1n) is 8.49. The maximum absolute atomic E-state index is 9.90. The van der Waals surface area contributed by atoms with Gasteiger partial charge in [0.2, 0.25) is 0 Å². The summed E-state index contributed by atoms with van der Waals surface area (Å²) < 4.78 is 5.02. The molecule has 6 nitrogen and oxygen atoms in total. The number of rotatable bonds is 11. The maximum Gasteiger partial charge on any atom is 0.109 e. The summed E-state index contributed by atoms with van der Waals surface area (Å²) in [6, 6.07) is -0.479. The van der Waals surface area contributed by atoms with Crippen LogP contribution in [0, 0.1) is 0 Å². The van der Waals surface area contributed by atoms with Gasteiger partial charge in [-0.15, -0.1) is 0 Å². The molecule has 1 rings (SSSR count). The monoisotopic (exact) mass is 319 g/mol. The van der Waals surface area contributed by atoms with Gasteiger partial charge in [0.15, 0.2) is 0 Å². The minimum Gasteiger partial charge on any atom is -0.395 e. The van der Waals surface area contributed by atoms with Crippen molar-refractivity contribution < 1.29 is 25.2 Å². The van der Waals surface area contributed by atoms with Crippen LogP contribution in [0.5, 0.6) is 0 Å². The minimum atomic E-state index is -1.17. The number of likely N-dealkylation sites (tertiary alicyclic amines) is 1. The number of hydrogen-bond donors (Lipinski definition) is 4. The lowest BCUT2D eigenvalue weighted by Crippen LogP contribution is -2.62. The Labute approximate surface area is 133 Å². The fraction of sp³-hybridized carbons (Fsp3) is 1.00. The van der Waals surface area contributed by atoms with Crippen LogP contribution in [0.3, 0.4) is 0 Å². The summed E-state index contributed by atoms with van der Waals surface area (Å²) in [5.41, 5.74) is 0. The molecule has 0 aromatic rings. The third kappa shape index (κ3) is 6.48. The number of nitrogens with zero attached hydrogens (tertiary/aromatic N) is 1. The fourth-order valence-electron chi connectivity index (χ4n) is 3.08. The van der Waals surface area contributed by atoms with Gasteiger partial charge in [0.05, 0.1) is 18.8 Å². The third-order valence-electron chi connectivity index (χ3n) is 4.51. The van der Waals surface area contributed by atoms with Crippen molar-refractivity contribution in [2.75, 3.05) is 33.4 Å². The Kier molecular flexibility index (Phi) is 10.2. The normalized spacial score (nSPS) is 29.9. The van der Waals surface area contributed by atoms with Crippen molar-refractivity contribution in [1.82, 2.24) is 4.90 Å². The smallest absolute Gasteiger partial charge is 0.109 e. The van der Waals surface area contributed by atoms with Gasteiger partial charge in [-0.05, 0) is 19.4 Å². The molecule has 1 fully saturated rings. The quantitative estimate of drug-likeness (QED) is 0.404. The number of hydrogen-bond acceptors (Lipinski definition) is 6. The molecule has 0 unspecified atom stereocenters. The van der Waals surface area contributed by atoms with Crippen LogP contribution in [-0.2, 0) is 4.74 Å². The SMILES string of the molecule is COCCCCCCCCCN1C[C@@H](O)[C@H](O)[C@H](O)[C@H]1CO. The van der Waals surface area contributed by atoms with E-state index in [1.807, 2.05) is 4.90 Å². The van der Waals surface area contributed by atoms with Gasteiger partial charge in [-0.25, -0.2) is 0 Å². The number of unbranched alkanes of at least 4 members (excludes halogenated alkanes) is 6. The number of β-amino-alcohol motifs (C(OH)–C–C–N with tert-alkyl or cyclic N) is 1. The summed E-state index contributed by atoms with van der Waals surface area (Å²) in [6.45, 7) is 1.68. The van der Waals surface area contributed by atoms with Gasteiger partial charge in [0, 0.05) is 20.3 Å². The number of piperidine rings is 1. The molecular formula is C16H33NO5. The lowest BCUT2D eigenvalue weighted by molar-refractivity contribution is -0.145. The fourth-order valence-corrected chi connectivity index (χ4v) is 3.08. The van der Waals surface area contributed by atoms with Gasteiger partial charge in [-0.3, -0.25) is 4.90 Å². The molecule has 4 atom stereocenters. The summed E-state index contributed by atoms with van der Waals surface area (Å²) in [4.78, 5) is 1.89. The predicted molar refractivity (Wildman–Crippen MR) is 84.7 cm³/mol. The molecule has 22 heavy (non-hydrogen) atoms. The Bertz CT molecular complexity index is 279. The predicted octanol–water partition coefficient (Wildman–Crippen LogP) is 0.123. The zero-order valence-corrected chi connectivity index (χ0v) is 13.7. The molecule has 1 aliphatic rings. The van der Waals surface area contributed by atoms with Crippen molar-refractivity contribution in [2.45, 2.75) is 69.3 Å². The second-order valence-electron chi connectivity index (χ2n) is 6.26. The van der Waals surface area contributed by atoms with E-state index in [1.165, 1.54) is 25.7 Å². The molecule has 1 heterocycles. The summed E-state index contributed by atoms with van der Waals surface area (Å²) >= 11 is 0. The van der Waals surface area contributed by atoms with Crippen molar-refractivity contribution in [3.05, 3.63) is 0 Å². The minimum absolute atomic E-state index is 0.204. The molecule has 1 saturated heterocycles. The Morgan fingerprint density at radius 1 is 0.909 bits per heavy atom.